The van der Waals surface area contributed by atoms with Gasteiger partial charge >= 0.3 is 6.03 Å². The largest absolute Gasteiger partial charge is 0.326 e. The predicted octanol–water partition coefficient (Wildman–Crippen LogP) is 3.06. The van der Waals surface area contributed by atoms with Crippen LogP contribution in [-0.4, -0.2) is 56.2 Å². The van der Waals surface area contributed by atoms with Gasteiger partial charge in [0.2, 0.25) is 11.8 Å². The van der Waals surface area contributed by atoms with Crippen molar-refractivity contribution in [1.29, 1.82) is 0 Å². The van der Waals surface area contributed by atoms with Crippen LogP contribution in [0.1, 0.15) is 18.4 Å². The van der Waals surface area contributed by atoms with E-state index in [0.29, 0.717) is 28.4 Å². The van der Waals surface area contributed by atoms with E-state index in [-0.39, 0.29) is 42.3 Å². The maximum Gasteiger partial charge on any atom is 0.326 e. The number of urea groups is 1. The van der Waals surface area contributed by atoms with Crippen LogP contribution in [0.25, 0.3) is 0 Å². The monoisotopic (exact) mass is 478 g/mol. The fraction of sp³-hybridized carbons (Fsp3) is 0.286. The Kier molecular flexibility index (Phi) is 7.05. The Labute approximate surface area is 191 Å². The van der Waals surface area contributed by atoms with Gasteiger partial charge in [0.25, 0.3) is 10.0 Å². The standard InChI is InChI=1S/C21H23ClN4O5S/c1-14-5-8-17(12-18(14)32(30,31)24-16-9-6-15(22)7-10-16)23-19(27)4-3-11-26-20(28)13-25(2)21(26)29/h5-10,12,24H,3-4,11,13H2,1-2H3,(H,23,27). The lowest BCUT2D eigenvalue weighted by Gasteiger charge is -2.14. The third kappa shape index (κ3) is 5.57. The first-order valence-corrected chi connectivity index (χ1v) is 11.7. The van der Waals surface area contributed by atoms with Crippen LogP contribution in [0, 0.1) is 6.92 Å². The van der Waals surface area contributed by atoms with Gasteiger partial charge in [-0.1, -0.05) is 17.7 Å². The van der Waals surface area contributed by atoms with E-state index in [2.05, 4.69) is 10.0 Å². The van der Waals surface area contributed by atoms with Crippen LogP contribution >= 0.6 is 11.6 Å². The van der Waals surface area contributed by atoms with Crippen molar-refractivity contribution in [3.8, 4) is 0 Å². The van der Waals surface area contributed by atoms with Gasteiger partial charge in [0, 0.05) is 36.4 Å². The molecule has 32 heavy (non-hydrogen) atoms. The summed E-state index contributed by atoms with van der Waals surface area (Å²) >= 11 is 5.83. The minimum atomic E-state index is -3.89. The summed E-state index contributed by atoms with van der Waals surface area (Å²) in [6.45, 7) is 1.84. The molecule has 0 atom stereocenters. The fourth-order valence-corrected chi connectivity index (χ4v) is 4.66. The normalized spacial score (nSPS) is 14.1. The molecule has 0 radical (unpaired) electrons. The number of carbonyl (C=O) groups is 3. The fourth-order valence-electron chi connectivity index (χ4n) is 3.21. The van der Waals surface area contributed by atoms with Crippen LogP contribution in [0.5, 0.6) is 0 Å². The number of rotatable bonds is 8. The molecule has 4 amide bonds. The number of nitrogens with one attached hydrogen (secondary N) is 2. The van der Waals surface area contributed by atoms with Gasteiger partial charge in [-0.3, -0.25) is 19.2 Å². The number of nitrogens with zero attached hydrogens (tertiary/aromatic N) is 2. The summed E-state index contributed by atoms with van der Waals surface area (Å²) < 4.78 is 28.1. The molecule has 1 heterocycles. The highest BCUT2D eigenvalue weighted by molar-refractivity contribution is 7.92. The van der Waals surface area contributed by atoms with Crippen molar-refractivity contribution >= 4 is 50.8 Å². The van der Waals surface area contributed by atoms with Crippen molar-refractivity contribution in [2.75, 3.05) is 30.2 Å². The van der Waals surface area contributed by atoms with Crippen LogP contribution in [0.15, 0.2) is 47.4 Å². The zero-order valence-electron chi connectivity index (χ0n) is 17.6. The van der Waals surface area contributed by atoms with Gasteiger partial charge in [-0.2, -0.15) is 0 Å². The molecule has 0 aliphatic carbocycles. The number of aryl methyl sites for hydroxylation is 1. The number of benzene rings is 2. The molecule has 0 saturated carbocycles. The third-order valence-electron chi connectivity index (χ3n) is 4.87. The molecule has 2 N–H and O–H groups in total. The topological polar surface area (TPSA) is 116 Å². The summed E-state index contributed by atoms with van der Waals surface area (Å²) in [6, 6.07) is 10.5. The molecule has 9 nitrogen and oxygen atoms in total. The molecule has 170 valence electrons. The molecular weight excluding hydrogens is 456 g/mol. The minimum Gasteiger partial charge on any atom is -0.326 e. The second-order valence-corrected chi connectivity index (χ2v) is 9.52. The van der Waals surface area contributed by atoms with Crippen LogP contribution in [0.3, 0.4) is 0 Å². The van der Waals surface area contributed by atoms with E-state index in [9.17, 15) is 22.8 Å². The minimum absolute atomic E-state index is 0.0292. The Morgan fingerprint density at radius 1 is 1.09 bits per heavy atom. The van der Waals surface area contributed by atoms with E-state index in [4.69, 9.17) is 11.6 Å². The number of sulfonamides is 1. The molecule has 2 aromatic rings. The van der Waals surface area contributed by atoms with E-state index in [0.717, 1.165) is 4.90 Å². The highest BCUT2D eigenvalue weighted by atomic mass is 35.5. The van der Waals surface area contributed by atoms with Gasteiger partial charge in [-0.15, -0.1) is 0 Å². The number of likely N-dealkylation sites (N-methyl/N-ethyl adjacent to an activating group) is 1. The molecular formula is C21H23ClN4O5S. The van der Waals surface area contributed by atoms with Gasteiger partial charge < -0.3 is 10.2 Å². The first kappa shape index (κ1) is 23.6. The maximum atomic E-state index is 12.8. The zero-order chi connectivity index (χ0) is 23.5. The second-order valence-electron chi connectivity index (χ2n) is 7.43. The molecule has 11 heteroatoms. The first-order valence-electron chi connectivity index (χ1n) is 9.81. The number of imide groups is 1. The van der Waals surface area contributed by atoms with E-state index >= 15 is 0 Å². The van der Waals surface area contributed by atoms with Gasteiger partial charge in [0.1, 0.15) is 6.54 Å². The highest BCUT2D eigenvalue weighted by Gasteiger charge is 2.32. The molecule has 1 fully saturated rings. The van der Waals surface area contributed by atoms with E-state index in [1.54, 1.807) is 43.3 Å². The number of hydrogen-bond donors (Lipinski definition) is 2. The molecule has 0 spiro atoms. The molecule has 0 aromatic heterocycles. The van der Waals surface area contributed by atoms with Gasteiger partial charge in [0.15, 0.2) is 0 Å². The van der Waals surface area contributed by atoms with Crippen LogP contribution in [-0.2, 0) is 19.6 Å². The Morgan fingerprint density at radius 2 is 1.75 bits per heavy atom. The molecule has 0 unspecified atom stereocenters. The molecule has 3 rings (SSSR count). The lowest BCUT2D eigenvalue weighted by Crippen LogP contribution is -2.32. The number of anilines is 2. The molecule has 0 bridgehead atoms. The number of carbonyl (C=O) groups excluding carboxylic acids is 3. The predicted molar refractivity (Wildman–Crippen MR) is 121 cm³/mol. The van der Waals surface area contributed by atoms with Crippen molar-refractivity contribution in [2.45, 2.75) is 24.7 Å². The maximum absolute atomic E-state index is 12.8. The Balaban J connectivity index is 1.62. The first-order chi connectivity index (χ1) is 15.1. The van der Waals surface area contributed by atoms with E-state index < -0.39 is 10.0 Å². The average molecular weight is 479 g/mol. The molecule has 2 aromatic carbocycles. The number of amides is 4. The molecule has 1 aliphatic heterocycles. The summed E-state index contributed by atoms with van der Waals surface area (Å²) in [6.07, 6.45) is 0.367. The quantitative estimate of drug-likeness (QED) is 0.565. The smallest absolute Gasteiger partial charge is 0.326 e. The van der Waals surface area contributed by atoms with Crippen molar-refractivity contribution in [2.24, 2.45) is 0 Å². The van der Waals surface area contributed by atoms with Gasteiger partial charge in [0.05, 0.1) is 4.90 Å². The van der Waals surface area contributed by atoms with Crippen LogP contribution < -0.4 is 10.0 Å². The van der Waals surface area contributed by atoms with Crippen LogP contribution in [0.2, 0.25) is 5.02 Å². The Hall–Kier alpha value is -3.11. The number of halogens is 1. The van der Waals surface area contributed by atoms with E-state index in [1.807, 2.05) is 0 Å². The van der Waals surface area contributed by atoms with Gasteiger partial charge in [-0.05, 0) is 55.3 Å². The second kappa shape index (κ2) is 9.58. The molecule has 1 aliphatic rings. The zero-order valence-corrected chi connectivity index (χ0v) is 19.2. The summed E-state index contributed by atoms with van der Waals surface area (Å²) in [5.41, 5.74) is 1.20. The number of hydrogen-bond acceptors (Lipinski definition) is 5. The average Bonchev–Trinajstić information content (AvgIpc) is 2.97. The Bertz CT molecular complexity index is 1150. The SMILES string of the molecule is Cc1ccc(NC(=O)CCCN2C(=O)CN(C)C2=O)cc1S(=O)(=O)Nc1ccc(Cl)cc1. The lowest BCUT2D eigenvalue weighted by atomic mass is 10.2. The summed E-state index contributed by atoms with van der Waals surface area (Å²) in [5, 5.41) is 3.15. The van der Waals surface area contributed by atoms with Crippen molar-refractivity contribution in [3.05, 3.63) is 53.1 Å². The van der Waals surface area contributed by atoms with Crippen molar-refractivity contribution in [3.63, 3.8) is 0 Å². The lowest BCUT2D eigenvalue weighted by molar-refractivity contribution is -0.125. The van der Waals surface area contributed by atoms with E-state index in [1.165, 1.54) is 18.0 Å². The van der Waals surface area contributed by atoms with Crippen LogP contribution in [0.4, 0.5) is 16.2 Å². The van der Waals surface area contributed by atoms with Gasteiger partial charge in [-0.25, -0.2) is 13.2 Å². The summed E-state index contributed by atoms with van der Waals surface area (Å²) in [4.78, 5) is 38.4. The highest BCUT2D eigenvalue weighted by Crippen LogP contribution is 2.24. The van der Waals surface area contributed by atoms with Crippen molar-refractivity contribution < 1.29 is 22.8 Å². The summed E-state index contributed by atoms with van der Waals surface area (Å²) in [5.74, 6) is -0.644. The Morgan fingerprint density at radius 3 is 2.38 bits per heavy atom. The summed E-state index contributed by atoms with van der Waals surface area (Å²) in [7, 11) is -2.35. The van der Waals surface area contributed by atoms with Crippen molar-refractivity contribution in [1.82, 2.24) is 9.80 Å². The molecule has 1 saturated heterocycles. The third-order valence-corrected chi connectivity index (χ3v) is 6.65.